The molecule has 1 aromatic heterocycles. The zero-order valence-corrected chi connectivity index (χ0v) is 19.2. The molecule has 13 heteroatoms. The van der Waals surface area contributed by atoms with Crippen LogP contribution in [0.1, 0.15) is 18.9 Å². The molecule has 2 rings (SSSR count). The van der Waals surface area contributed by atoms with E-state index in [1.54, 1.807) is 18.3 Å². The second kappa shape index (κ2) is 12.0. The number of nitrogens with one attached hydrogen (secondary N) is 4. The Morgan fingerprint density at radius 3 is 2.26 bits per heavy atom. The molecule has 0 aliphatic rings. The lowest BCUT2D eigenvalue weighted by molar-refractivity contribution is -0.143. The minimum atomic E-state index is -1.58. The standard InChI is InChI=1S/C21H27N5O7S/c1-10(24-19(30)13(22)9-34)18(29)25-15(7-17(27)28)20(31)26-16(21(32)33)6-11-8-23-14-5-3-2-4-12(11)14/h2-5,8,10,13,15-16,23,34H,6-7,9,22H2,1H3,(H,24,30)(H,25,29)(H,26,31)(H,27,28)(H,32,33). The number of rotatable bonds is 12. The number of fused-ring (bicyclic) bond motifs is 1. The number of carbonyl (C=O) groups is 5. The molecule has 3 amide bonds. The normalized spacial score (nSPS) is 14.4. The van der Waals surface area contributed by atoms with E-state index >= 15 is 0 Å². The molecule has 0 fully saturated rings. The van der Waals surface area contributed by atoms with Crippen molar-refractivity contribution < 1.29 is 34.2 Å². The van der Waals surface area contributed by atoms with Crippen LogP contribution in [0.2, 0.25) is 0 Å². The predicted molar refractivity (Wildman–Crippen MR) is 125 cm³/mol. The molecule has 12 nitrogen and oxygen atoms in total. The Morgan fingerprint density at radius 2 is 1.65 bits per heavy atom. The van der Waals surface area contributed by atoms with Gasteiger partial charge in [0.25, 0.3) is 0 Å². The number of carboxylic acid groups (broad SMARTS) is 2. The van der Waals surface area contributed by atoms with Crippen molar-refractivity contribution in [3.8, 4) is 0 Å². The van der Waals surface area contributed by atoms with Gasteiger partial charge in [0.05, 0.1) is 12.5 Å². The van der Waals surface area contributed by atoms with Gasteiger partial charge in [-0.25, -0.2) is 4.79 Å². The third kappa shape index (κ3) is 7.22. The van der Waals surface area contributed by atoms with Gasteiger partial charge in [0.2, 0.25) is 17.7 Å². The fourth-order valence-electron chi connectivity index (χ4n) is 3.14. The van der Waals surface area contributed by atoms with Crippen molar-refractivity contribution in [1.29, 1.82) is 0 Å². The molecule has 4 unspecified atom stereocenters. The van der Waals surface area contributed by atoms with Crippen LogP contribution in [0.4, 0.5) is 0 Å². The molecule has 8 N–H and O–H groups in total. The Labute approximate surface area is 200 Å². The number of aromatic amines is 1. The van der Waals surface area contributed by atoms with Gasteiger partial charge in [-0.1, -0.05) is 18.2 Å². The van der Waals surface area contributed by atoms with Crippen LogP contribution in [-0.2, 0) is 30.4 Å². The number of aromatic nitrogens is 1. The number of benzene rings is 1. The number of para-hydroxylation sites is 1. The maximum Gasteiger partial charge on any atom is 0.326 e. The van der Waals surface area contributed by atoms with E-state index in [0.717, 1.165) is 10.9 Å². The average Bonchev–Trinajstić information content (AvgIpc) is 3.19. The summed E-state index contributed by atoms with van der Waals surface area (Å²) in [6.07, 6.45) is 0.754. The van der Waals surface area contributed by atoms with Crippen LogP contribution in [0.25, 0.3) is 10.9 Å². The van der Waals surface area contributed by atoms with E-state index in [2.05, 4.69) is 33.6 Å². The summed E-state index contributed by atoms with van der Waals surface area (Å²) in [6.45, 7) is 1.32. The molecule has 1 heterocycles. The largest absolute Gasteiger partial charge is 0.481 e. The Kier molecular flexibility index (Phi) is 9.45. The smallest absolute Gasteiger partial charge is 0.326 e. The average molecular weight is 494 g/mol. The summed E-state index contributed by atoms with van der Waals surface area (Å²) < 4.78 is 0. The molecule has 0 saturated heterocycles. The lowest BCUT2D eigenvalue weighted by atomic mass is 10.0. The van der Waals surface area contributed by atoms with Crippen LogP contribution in [0.15, 0.2) is 30.5 Å². The van der Waals surface area contributed by atoms with Crippen molar-refractivity contribution in [2.75, 3.05) is 5.75 Å². The molecule has 1 aromatic carbocycles. The summed E-state index contributed by atoms with van der Waals surface area (Å²) in [5, 5.41) is 26.4. The molecule has 0 radical (unpaired) electrons. The van der Waals surface area contributed by atoms with Crippen LogP contribution < -0.4 is 21.7 Å². The minimum Gasteiger partial charge on any atom is -0.481 e. The summed E-state index contributed by atoms with van der Waals surface area (Å²) in [7, 11) is 0. The van der Waals surface area contributed by atoms with Crippen molar-refractivity contribution in [3.05, 3.63) is 36.0 Å². The minimum absolute atomic E-state index is 0.0389. The molecule has 0 aliphatic heterocycles. The highest BCUT2D eigenvalue weighted by Gasteiger charge is 2.30. The number of carboxylic acids is 2. The van der Waals surface area contributed by atoms with Gasteiger partial charge in [0.1, 0.15) is 18.1 Å². The van der Waals surface area contributed by atoms with Crippen LogP contribution in [-0.4, -0.2) is 74.8 Å². The lowest BCUT2D eigenvalue weighted by Crippen LogP contribution is -2.57. The molecular formula is C21H27N5O7S. The van der Waals surface area contributed by atoms with E-state index in [1.807, 2.05) is 12.1 Å². The first-order chi connectivity index (χ1) is 16.0. The molecule has 4 atom stereocenters. The van der Waals surface area contributed by atoms with Crippen LogP contribution in [0.3, 0.4) is 0 Å². The molecular weight excluding hydrogens is 466 g/mol. The maximum atomic E-state index is 12.7. The van der Waals surface area contributed by atoms with E-state index in [-0.39, 0.29) is 12.2 Å². The first kappa shape index (κ1) is 26.7. The Bertz CT molecular complexity index is 1070. The fourth-order valence-corrected chi connectivity index (χ4v) is 3.31. The highest BCUT2D eigenvalue weighted by Crippen LogP contribution is 2.19. The zero-order chi connectivity index (χ0) is 25.4. The molecule has 0 aliphatic carbocycles. The predicted octanol–water partition coefficient (Wildman–Crippen LogP) is -0.999. The monoisotopic (exact) mass is 493 g/mol. The van der Waals surface area contributed by atoms with E-state index in [1.165, 1.54) is 6.92 Å². The van der Waals surface area contributed by atoms with Crippen LogP contribution >= 0.6 is 12.6 Å². The van der Waals surface area contributed by atoms with Gasteiger partial charge in [-0.05, 0) is 18.6 Å². The van der Waals surface area contributed by atoms with Gasteiger partial charge in [-0.3, -0.25) is 19.2 Å². The number of nitrogens with two attached hydrogens (primary N) is 1. The Balaban J connectivity index is 2.11. The third-order valence-electron chi connectivity index (χ3n) is 5.01. The maximum absolute atomic E-state index is 12.7. The molecule has 184 valence electrons. The lowest BCUT2D eigenvalue weighted by Gasteiger charge is -2.22. The fraction of sp³-hybridized carbons (Fsp3) is 0.381. The van der Waals surface area contributed by atoms with Gasteiger partial charge in [-0.15, -0.1) is 0 Å². The summed E-state index contributed by atoms with van der Waals surface area (Å²) in [6, 6.07) is 2.16. The second-order valence-electron chi connectivity index (χ2n) is 7.64. The molecule has 0 spiro atoms. The number of amides is 3. The SMILES string of the molecule is CC(NC(=O)C(N)CS)C(=O)NC(CC(=O)O)C(=O)NC(Cc1c[nH]c2ccccc12)C(=O)O. The van der Waals surface area contributed by atoms with Crippen molar-refractivity contribution >= 4 is 53.2 Å². The number of hydrogen-bond donors (Lipinski definition) is 8. The van der Waals surface area contributed by atoms with E-state index in [4.69, 9.17) is 10.8 Å². The Hall–Kier alpha value is -3.58. The van der Waals surface area contributed by atoms with Crippen molar-refractivity contribution in [2.45, 2.75) is 43.9 Å². The highest BCUT2D eigenvalue weighted by molar-refractivity contribution is 7.80. The molecule has 0 bridgehead atoms. The van der Waals surface area contributed by atoms with E-state index < -0.39 is 60.2 Å². The van der Waals surface area contributed by atoms with Gasteiger partial charge in [0.15, 0.2) is 0 Å². The zero-order valence-electron chi connectivity index (χ0n) is 18.3. The van der Waals surface area contributed by atoms with Crippen molar-refractivity contribution in [2.24, 2.45) is 5.73 Å². The molecule has 34 heavy (non-hydrogen) atoms. The first-order valence-electron chi connectivity index (χ1n) is 10.3. The number of carbonyl (C=O) groups excluding carboxylic acids is 3. The number of thiol groups is 1. The third-order valence-corrected chi connectivity index (χ3v) is 5.40. The number of hydrogen-bond acceptors (Lipinski definition) is 7. The van der Waals surface area contributed by atoms with Crippen LogP contribution in [0.5, 0.6) is 0 Å². The van der Waals surface area contributed by atoms with E-state index in [0.29, 0.717) is 5.56 Å². The summed E-state index contributed by atoms with van der Waals surface area (Å²) in [5.74, 6) is -5.17. The van der Waals surface area contributed by atoms with E-state index in [9.17, 15) is 29.1 Å². The second-order valence-corrected chi connectivity index (χ2v) is 8.01. The van der Waals surface area contributed by atoms with Crippen LogP contribution in [0, 0.1) is 0 Å². The summed E-state index contributed by atoms with van der Waals surface area (Å²) >= 11 is 3.89. The van der Waals surface area contributed by atoms with Gasteiger partial charge in [0, 0.05) is 29.3 Å². The quantitative estimate of drug-likeness (QED) is 0.172. The summed E-state index contributed by atoms with van der Waals surface area (Å²) in [5.41, 5.74) is 6.96. The topological polar surface area (TPSA) is 204 Å². The van der Waals surface area contributed by atoms with Gasteiger partial charge in [-0.2, -0.15) is 12.6 Å². The summed E-state index contributed by atoms with van der Waals surface area (Å²) in [4.78, 5) is 63.1. The number of H-pyrrole nitrogens is 1. The molecule has 2 aromatic rings. The highest BCUT2D eigenvalue weighted by atomic mass is 32.1. The molecule has 0 saturated carbocycles. The van der Waals surface area contributed by atoms with Gasteiger partial charge < -0.3 is 36.9 Å². The number of aliphatic carboxylic acids is 2. The Morgan fingerprint density at radius 1 is 1.00 bits per heavy atom. The van der Waals surface area contributed by atoms with Crippen molar-refractivity contribution in [1.82, 2.24) is 20.9 Å². The van der Waals surface area contributed by atoms with Crippen molar-refractivity contribution in [3.63, 3.8) is 0 Å². The van der Waals surface area contributed by atoms with Gasteiger partial charge >= 0.3 is 11.9 Å². The first-order valence-corrected chi connectivity index (χ1v) is 10.9.